The van der Waals surface area contributed by atoms with E-state index < -0.39 is 0 Å². The van der Waals surface area contributed by atoms with Gasteiger partial charge in [0.2, 0.25) is 5.91 Å². The van der Waals surface area contributed by atoms with Crippen molar-refractivity contribution in [2.45, 2.75) is 51.1 Å². The number of benzene rings is 1. The number of hydrogen-bond donors (Lipinski definition) is 0. The zero-order valence-electron chi connectivity index (χ0n) is 17.6. The van der Waals surface area contributed by atoms with Gasteiger partial charge in [-0.05, 0) is 37.4 Å². The van der Waals surface area contributed by atoms with E-state index in [-0.39, 0.29) is 11.4 Å². The van der Waals surface area contributed by atoms with Gasteiger partial charge in [0.15, 0.2) is 0 Å². The first-order chi connectivity index (χ1) is 12.8. The van der Waals surface area contributed by atoms with Crippen molar-refractivity contribution in [1.29, 1.82) is 0 Å². The molecule has 0 radical (unpaired) electrons. The molecular formula is C22H35N3O2. The minimum atomic E-state index is 0.0988. The molecule has 0 saturated carbocycles. The van der Waals surface area contributed by atoms with E-state index in [1.165, 1.54) is 11.1 Å². The number of likely N-dealkylation sites (N-methyl/N-ethyl adjacent to an activating group) is 1. The Bertz CT molecular complexity index is 676. The Morgan fingerprint density at radius 2 is 1.93 bits per heavy atom. The van der Waals surface area contributed by atoms with E-state index in [1.54, 1.807) is 7.11 Å². The predicted octanol–water partition coefficient (Wildman–Crippen LogP) is 2.95. The molecule has 1 aromatic carbocycles. The van der Waals surface area contributed by atoms with Crippen LogP contribution in [0.2, 0.25) is 0 Å². The molecule has 2 fully saturated rings. The average Bonchev–Trinajstić information content (AvgIpc) is 2.79. The number of carbonyl (C=O) groups excluding carboxylic acids is 1. The van der Waals surface area contributed by atoms with Gasteiger partial charge in [-0.2, -0.15) is 0 Å². The van der Waals surface area contributed by atoms with E-state index >= 15 is 0 Å². The third kappa shape index (κ3) is 4.30. The lowest BCUT2D eigenvalue weighted by Crippen LogP contribution is -2.60. The highest BCUT2D eigenvalue weighted by Crippen LogP contribution is 2.33. The first-order valence-electron chi connectivity index (χ1n) is 10.2. The standard InChI is InChI=1S/C22H35N3O2/c1-17(2)18-6-7-20(27-5)19(14-18)15-25-13-12-24(4)22(16-25)9-8-21(26)23(3)11-10-22/h6-7,14,17H,8-13,15-16H2,1-5H3/t22-/m1/s1. The predicted molar refractivity (Wildman–Crippen MR) is 109 cm³/mol. The Morgan fingerprint density at radius 1 is 1.15 bits per heavy atom. The number of carbonyl (C=O) groups is 1. The molecular weight excluding hydrogens is 338 g/mol. The zero-order chi connectivity index (χ0) is 19.6. The smallest absolute Gasteiger partial charge is 0.222 e. The van der Waals surface area contributed by atoms with Crippen molar-refractivity contribution in [3.63, 3.8) is 0 Å². The van der Waals surface area contributed by atoms with Crippen molar-refractivity contribution in [3.8, 4) is 5.75 Å². The molecule has 1 spiro atoms. The summed E-state index contributed by atoms with van der Waals surface area (Å²) in [5.41, 5.74) is 2.73. The summed E-state index contributed by atoms with van der Waals surface area (Å²) in [7, 11) is 5.92. The summed E-state index contributed by atoms with van der Waals surface area (Å²) in [6.07, 6.45) is 2.65. The highest BCUT2D eigenvalue weighted by Gasteiger charge is 2.41. The van der Waals surface area contributed by atoms with Crippen LogP contribution in [0.25, 0.3) is 0 Å². The van der Waals surface area contributed by atoms with Crippen molar-refractivity contribution in [1.82, 2.24) is 14.7 Å². The van der Waals surface area contributed by atoms with Gasteiger partial charge in [0.25, 0.3) is 0 Å². The first kappa shape index (κ1) is 20.2. The molecule has 150 valence electrons. The normalized spacial score (nSPS) is 25.3. The van der Waals surface area contributed by atoms with Gasteiger partial charge in [0.1, 0.15) is 5.75 Å². The molecule has 5 heteroatoms. The van der Waals surface area contributed by atoms with Gasteiger partial charge in [-0.25, -0.2) is 0 Å². The lowest BCUT2D eigenvalue weighted by molar-refractivity contribution is -0.129. The van der Waals surface area contributed by atoms with Gasteiger partial charge >= 0.3 is 0 Å². The molecule has 1 aromatic rings. The fraction of sp³-hybridized carbons (Fsp3) is 0.682. The minimum absolute atomic E-state index is 0.0988. The molecule has 3 rings (SSSR count). The average molecular weight is 374 g/mol. The summed E-state index contributed by atoms with van der Waals surface area (Å²) in [6.45, 7) is 9.33. The Balaban J connectivity index is 1.78. The molecule has 0 unspecified atom stereocenters. The van der Waals surface area contributed by atoms with Gasteiger partial charge in [0, 0.05) is 57.3 Å². The van der Waals surface area contributed by atoms with Crippen LogP contribution in [0.4, 0.5) is 0 Å². The number of rotatable bonds is 4. The van der Waals surface area contributed by atoms with Crippen LogP contribution in [0.1, 0.15) is 50.2 Å². The maximum absolute atomic E-state index is 12.2. The quantitative estimate of drug-likeness (QED) is 0.813. The van der Waals surface area contributed by atoms with Gasteiger partial charge in [0.05, 0.1) is 7.11 Å². The molecule has 2 saturated heterocycles. The van der Waals surface area contributed by atoms with Crippen molar-refractivity contribution in [3.05, 3.63) is 29.3 Å². The fourth-order valence-corrected chi connectivity index (χ4v) is 4.50. The summed E-state index contributed by atoms with van der Waals surface area (Å²) in [6, 6.07) is 6.58. The summed E-state index contributed by atoms with van der Waals surface area (Å²) in [5, 5.41) is 0. The molecule has 0 aromatic heterocycles. The van der Waals surface area contributed by atoms with Crippen molar-refractivity contribution < 1.29 is 9.53 Å². The molecule has 1 atom stereocenters. The SMILES string of the molecule is COc1ccc(C(C)C)cc1CN1CCN(C)[C@@]2(CCC(=O)N(C)CC2)C1. The van der Waals surface area contributed by atoms with Crippen LogP contribution in [0.15, 0.2) is 18.2 Å². The van der Waals surface area contributed by atoms with E-state index in [0.717, 1.165) is 51.3 Å². The highest BCUT2D eigenvalue weighted by atomic mass is 16.5. The van der Waals surface area contributed by atoms with Gasteiger partial charge < -0.3 is 9.64 Å². The highest BCUT2D eigenvalue weighted by molar-refractivity contribution is 5.76. The molecule has 0 bridgehead atoms. The van der Waals surface area contributed by atoms with Crippen molar-refractivity contribution in [2.75, 3.05) is 47.4 Å². The Labute approximate surface area is 164 Å². The summed E-state index contributed by atoms with van der Waals surface area (Å²) < 4.78 is 5.64. The molecule has 27 heavy (non-hydrogen) atoms. The second-order valence-corrected chi connectivity index (χ2v) is 8.65. The third-order valence-corrected chi connectivity index (χ3v) is 6.59. The van der Waals surface area contributed by atoms with Crippen LogP contribution in [0.3, 0.4) is 0 Å². The minimum Gasteiger partial charge on any atom is -0.496 e. The second kappa shape index (κ2) is 8.19. The van der Waals surface area contributed by atoms with E-state index in [4.69, 9.17) is 4.74 Å². The van der Waals surface area contributed by atoms with Crippen LogP contribution < -0.4 is 4.74 Å². The molecule has 0 aliphatic carbocycles. The lowest BCUT2D eigenvalue weighted by atomic mass is 9.86. The number of methoxy groups -OCH3 is 1. The Morgan fingerprint density at radius 3 is 2.63 bits per heavy atom. The van der Waals surface area contributed by atoms with Crippen LogP contribution in [0, 0.1) is 0 Å². The third-order valence-electron chi connectivity index (χ3n) is 6.59. The largest absolute Gasteiger partial charge is 0.496 e. The number of piperazine rings is 1. The van der Waals surface area contributed by atoms with Crippen LogP contribution in [0.5, 0.6) is 5.75 Å². The van der Waals surface area contributed by atoms with E-state index in [1.807, 2.05) is 11.9 Å². The molecule has 5 nitrogen and oxygen atoms in total. The van der Waals surface area contributed by atoms with Crippen LogP contribution >= 0.6 is 0 Å². The number of hydrogen-bond acceptors (Lipinski definition) is 4. The van der Waals surface area contributed by atoms with E-state index in [0.29, 0.717) is 12.3 Å². The van der Waals surface area contributed by atoms with Crippen molar-refractivity contribution in [2.24, 2.45) is 0 Å². The maximum atomic E-state index is 12.2. The van der Waals surface area contributed by atoms with Gasteiger partial charge in [-0.15, -0.1) is 0 Å². The van der Waals surface area contributed by atoms with Crippen LogP contribution in [-0.2, 0) is 11.3 Å². The molecule has 1 amide bonds. The molecule has 2 aliphatic rings. The zero-order valence-corrected chi connectivity index (χ0v) is 17.6. The molecule has 2 heterocycles. The lowest BCUT2D eigenvalue weighted by Gasteiger charge is -2.49. The number of nitrogens with zero attached hydrogens (tertiary/aromatic N) is 3. The number of ether oxygens (including phenoxy) is 1. The van der Waals surface area contributed by atoms with Gasteiger partial charge in [-0.3, -0.25) is 14.6 Å². The number of likely N-dealkylation sites (tertiary alicyclic amines) is 1. The topological polar surface area (TPSA) is 36.0 Å². The summed E-state index contributed by atoms with van der Waals surface area (Å²) >= 11 is 0. The summed E-state index contributed by atoms with van der Waals surface area (Å²) in [5.74, 6) is 1.77. The monoisotopic (exact) mass is 373 g/mol. The van der Waals surface area contributed by atoms with Crippen LogP contribution in [-0.4, -0.2) is 73.5 Å². The first-order valence-corrected chi connectivity index (χ1v) is 10.2. The molecule has 0 N–H and O–H groups in total. The summed E-state index contributed by atoms with van der Waals surface area (Å²) in [4.78, 5) is 19.1. The maximum Gasteiger partial charge on any atom is 0.222 e. The van der Waals surface area contributed by atoms with Crippen molar-refractivity contribution >= 4 is 5.91 Å². The molecule has 2 aliphatic heterocycles. The van der Waals surface area contributed by atoms with E-state index in [9.17, 15) is 4.79 Å². The van der Waals surface area contributed by atoms with Gasteiger partial charge in [-0.1, -0.05) is 26.0 Å². The number of amides is 1. The second-order valence-electron chi connectivity index (χ2n) is 8.65. The Kier molecular flexibility index (Phi) is 6.11. The Hall–Kier alpha value is -1.59. The fourth-order valence-electron chi connectivity index (χ4n) is 4.50. The van der Waals surface area contributed by atoms with E-state index in [2.05, 4.69) is 48.9 Å².